The molecule has 0 fully saturated rings. The van der Waals surface area contributed by atoms with Gasteiger partial charge in [0.2, 0.25) is 0 Å². The SMILES string of the molecule is N/C(=N\O)c1cccnc1.O=C([O-])c1cccnc1. The molecule has 0 atom stereocenters. The van der Waals surface area contributed by atoms with Crippen molar-refractivity contribution < 1.29 is 15.1 Å². The fraction of sp³-hybridized carbons (Fsp3) is 0. The lowest BCUT2D eigenvalue weighted by Crippen LogP contribution is -2.22. The summed E-state index contributed by atoms with van der Waals surface area (Å²) in [6, 6.07) is 6.41. The van der Waals surface area contributed by atoms with E-state index in [1.165, 1.54) is 24.7 Å². The lowest BCUT2D eigenvalue weighted by molar-refractivity contribution is -0.255. The molecule has 2 heterocycles. The summed E-state index contributed by atoms with van der Waals surface area (Å²) >= 11 is 0. The first-order valence-corrected chi connectivity index (χ1v) is 5.14. The molecule has 0 saturated heterocycles. The summed E-state index contributed by atoms with van der Waals surface area (Å²) in [4.78, 5) is 17.4. The van der Waals surface area contributed by atoms with E-state index in [-0.39, 0.29) is 11.4 Å². The molecule has 2 rings (SSSR count). The fourth-order valence-corrected chi connectivity index (χ4v) is 1.06. The number of carboxylic acids is 1. The zero-order chi connectivity index (χ0) is 14.1. The lowest BCUT2D eigenvalue weighted by Gasteiger charge is -1.97. The van der Waals surface area contributed by atoms with Gasteiger partial charge in [0.05, 0.1) is 5.97 Å². The lowest BCUT2D eigenvalue weighted by atomic mass is 10.3. The Hall–Kier alpha value is -2.96. The third kappa shape index (κ3) is 4.82. The minimum Gasteiger partial charge on any atom is -0.545 e. The Balaban J connectivity index is 0.000000191. The van der Waals surface area contributed by atoms with E-state index in [1.807, 2.05) is 0 Å². The number of nitrogens with two attached hydrogens (primary N) is 1. The van der Waals surface area contributed by atoms with Crippen LogP contribution in [0.5, 0.6) is 0 Å². The van der Waals surface area contributed by atoms with Gasteiger partial charge in [-0.15, -0.1) is 0 Å². The molecule has 0 aromatic carbocycles. The number of aromatic carboxylic acids is 1. The van der Waals surface area contributed by atoms with Crippen LogP contribution < -0.4 is 10.8 Å². The molecule has 7 nitrogen and oxygen atoms in total. The van der Waals surface area contributed by atoms with Crippen molar-refractivity contribution in [2.45, 2.75) is 0 Å². The second kappa shape index (κ2) is 7.38. The number of oxime groups is 1. The Kier molecular flexibility index (Phi) is 5.48. The zero-order valence-corrected chi connectivity index (χ0v) is 9.80. The number of nitrogens with zero attached hydrogens (tertiary/aromatic N) is 3. The van der Waals surface area contributed by atoms with Gasteiger partial charge in [0.15, 0.2) is 5.84 Å². The highest BCUT2D eigenvalue weighted by Gasteiger charge is 1.94. The number of carbonyl (C=O) groups is 1. The van der Waals surface area contributed by atoms with Gasteiger partial charge >= 0.3 is 0 Å². The van der Waals surface area contributed by atoms with Gasteiger partial charge in [-0.05, 0) is 18.2 Å². The van der Waals surface area contributed by atoms with Crippen LogP contribution in [0.4, 0.5) is 0 Å². The summed E-state index contributed by atoms with van der Waals surface area (Å²) in [5, 5.41) is 21.1. The van der Waals surface area contributed by atoms with Gasteiger partial charge in [-0.2, -0.15) is 0 Å². The van der Waals surface area contributed by atoms with Crippen molar-refractivity contribution in [3.05, 3.63) is 60.2 Å². The molecule has 0 spiro atoms. The molecule has 0 saturated carbocycles. The van der Waals surface area contributed by atoms with Crippen molar-refractivity contribution in [3.8, 4) is 0 Å². The van der Waals surface area contributed by atoms with Crippen LogP contribution in [-0.2, 0) is 0 Å². The van der Waals surface area contributed by atoms with Gasteiger partial charge in [0.1, 0.15) is 0 Å². The van der Waals surface area contributed by atoms with Crippen LogP contribution in [0.1, 0.15) is 15.9 Å². The minimum atomic E-state index is -1.19. The summed E-state index contributed by atoms with van der Waals surface area (Å²) in [5.74, 6) is -1.11. The number of hydrogen-bond donors (Lipinski definition) is 2. The van der Waals surface area contributed by atoms with Crippen LogP contribution >= 0.6 is 0 Å². The predicted molar refractivity (Wildman–Crippen MR) is 65.3 cm³/mol. The Labute approximate surface area is 109 Å². The van der Waals surface area contributed by atoms with Crippen molar-refractivity contribution in [3.63, 3.8) is 0 Å². The van der Waals surface area contributed by atoms with Crippen molar-refractivity contribution in [1.82, 2.24) is 9.97 Å². The Morgan fingerprint density at radius 3 is 2.00 bits per heavy atom. The summed E-state index contributed by atoms with van der Waals surface area (Å²) in [6.45, 7) is 0. The number of amidine groups is 1. The highest BCUT2D eigenvalue weighted by molar-refractivity contribution is 5.96. The normalized spacial score (nSPS) is 10.2. The molecular weight excluding hydrogens is 248 g/mol. The maximum atomic E-state index is 10.0. The fourth-order valence-electron chi connectivity index (χ4n) is 1.06. The molecule has 7 heteroatoms. The van der Waals surface area contributed by atoms with E-state index in [4.69, 9.17) is 10.9 Å². The minimum absolute atomic E-state index is 0.0769. The molecule has 2 aromatic heterocycles. The van der Waals surface area contributed by atoms with Crippen molar-refractivity contribution in [2.75, 3.05) is 0 Å². The smallest absolute Gasteiger partial charge is 0.171 e. The first-order valence-electron chi connectivity index (χ1n) is 5.14. The highest BCUT2D eigenvalue weighted by Crippen LogP contribution is 1.93. The topological polar surface area (TPSA) is 125 Å². The highest BCUT2D eigenvalue weighted by atomic mass is 16.4. The zero-order valence-electron chi connectivity index (χ0n) is 9.80. The van der Waals surface area contributed by atoms with Crippen LogP contribution in [0, 0.1) is 0 Å². The molecule has 0 radical (unpaired) electrons. The molecule has 0 aliphatic carbocycles. The Morgan fingerprint density at radius 1 is 1.16 bits per heavy atom. The maximum absolute atomic E-state index is 10.0. The maximum Gasteiger partial charge on any atom is 0.171 e. The van der Waals surface area contributed by atoms with Gasteiger partial charge < -0.3 is 20.8 Å². The van der Waals surface area contributed by atoms with Crippen LogP contribution in [0.2, 0.25) is 0 Å². The number of carboxylic acid groups (broad SMARTS) is 1. The van der Waals surface area contributed by atoms with Gasteiger partial charge in [0.25, 0.3) is 0 Å². The molecule has 98 valence electrons. The predicted octanol–water partition coefficient (Wildman–Crippen LogP) is -0.379. The first kappa shape index (κ1) is 14.1. The number of rotatable bonds is 2. The molecule has 2 aromatic rings. The van der Waals surface area contributed by atoms with E-state index in [9.17, 15) is 9.90 Å². The summed E-state index contributed by atoms with van der Waals surface area (Å²) < 4.78 is 0. The monoisotopic (exact) mass is 259 g/mol. The van der Waals surface area contributed by atoms with E-state index < -0.39 is 5.97 Å². The van der Waals surface area contributed by atoms with Gasteiger partial charge in [-0.1, -0.05) is 11.2 Å². The van der Waals surface area contributed by atoms with Crippen molar-refractivity contribution in [1.29, 1.82) is 0 Å². The van der Waals surface area contributed by atoms with Gasteiger partial charge in [0, 0.05) is 35.9 Å². The summed E-state index contributed by atoms with van der Waals surface area (Å²) in [5.41, 5.74) is 5.98. The Bertz CT molecular complexity index is 543. The van der Waals surface area contributed by atoms with E-state index in [1.54, 1.807) is 24.4 Å². The van der Waals surface area contributed by atoms with Gasteiger partial charge in [-0.25, -0.2) is 0 Å². The van der Waals surface area contributed by atoms with Crippen molar-refractivity contribution in [2.24, 2.45) is 10.9 Å². The second-order valence-corrected chi connectivity index (χ2v) is 3.26. The number of aromatic nitrogens is 2. The molecule has 0 amide bonds. The Morgan fingerprint density at radius 2 is 1.68 bits per heavy atom. The quantitative estimate of drug-likeness (QED) is 0.328. The first-order chi connectivity index (χ1) is 9.15. The average molecular weight is 259 g/mol. The summed E-state index contributed by atoms with van der Waals surface area (Å²) in [7, 11) is 0. The molecule has 0 aliphatic rings. The van der Waals surface area contributed by atoms with E-state index in [2.05, 4.69) is 15.1 Å². The van der Waals surface area contributed by atoms with E-state index >= 15 is 0 Å². The van der Waals surface area contributed by atoms with Crippen molar-refractivity contribution >= 4 is 11.8 Å². The molecule has 0 bridgehead atoms. The van der Waals surface area contributed by atoms with Crippen LogP contribution in [0.25, 0.3) is 0 Å². The molecule has 3 N–H and O–H groups in total. The average Bonchev–Trinajstić information content (AvgIpc) is 2.49. The second-order valence-electron chi connectivity index (χ2n) is 3.26. The number of hydrogen-bond acceptors (Lipinski definition) is 6. The largest absolute Gasteiger partial charge is 0.545 e. The molecule has 19 heavy (non-hydrogen) atoms. The summed E-state index contributed by atoms with van der Waals surface area (Å²) in [6.07, 6.45) is 5.89. The van der Waals surface area contributed by atoms with Crippen LogP contribution in [-0.4, -0.2) is 27.0 Å². The molecule has 0 unspecified atom stereocenters. The van der Waals surface area contributed by atoms with Crippen LogP contribution in [0.3, 0.4) is 0 Å². The molecule has 0 aliphatic heterocycles. The third-order valence-electron chi connectivity index (χ3n) is 1.96. The standard InChI is InChI=1S/C6H7N3O.C6H5NO2/c7-6(9-10)5-2-1-3-8-4-5;8-6(9)5-2-1-3-7-4-5/h1-4,10H,(H2,7,9);1-4H,(H,8,9)/p-1. The van der Waals surface area contributed by atoms with E-state index in [0.29, 0.717) is 5.56 Å². The number of carbonyl (C=O) groups excluding carboxylic acids is 1. The third-order valence-corrected chi connectivity index (χ3v) is 1.96. The number of pyridine rings is 2. The van der Waals surface area contributed by atoms with E-state index in [0.717, 1.165) is 0 Å². The van der Waals surface area contributed by atoms with Crippen LogP contribution in [0.15, 0.2) is 54.2 Å². The molecular formula is C12H11N4O3-. The van der Waals surface area contributed by atoms with Gasteiger partial charge in [-0.3, -0.25) is 9.97 Å².